The van der Waals surface area contributed by atoms with Gasteiger partial charge in [0.25, 0.3) is 0 Å². The number of halogens is 1. The lowest BCUT2D eigenvalue weighted by molar-refractivity contribution is -0.120. The van der Waals surface area contributed by atoms with E-state index in [-0.39, 0.29) is 11.8 Å². The van der Waals surface area contributed by atoms with Crippen LogP contribution in [-0.2, 0) is 4.79 Å². The van der Waals surface area contributed by atoms with Crippen LogP contribution in [0.4, 0.5) is 11.5 Å². The van der Waals surface area contributed by atoms with Gasteiger partial charge in [0.1, 0.15) is 0 Å². The SMILES string of the molecule is Cc1ccc(-c2ccc(N3CCC[C@H](C(=O)Nc4cccc(Cl)c4)C3)nn2)cc1. The standard InChI is InChI=1S/C23H23ClN4O/c1-16-7-9-17(10-8-16)21-11-12-22(27-26-21)28-13-3-4-18(15-28)23(29)25-20-6-2-5-19(24)14-20/h2,5-12,14,18H,3-4,13,15H2,1H3,(H,25,29)/t18-/m0/s1. The number of hydrogen-bond acceptors (Lipinski definition) is 4. The number of carbonyl (C=O) groups is 1. The molecule has 0 spiro atoms. The van der Waals surface area contributed by atoms with E-state index in [2.05, 4.69) is 51.6 Å². The zero-order chi connectivity index (χ0) is 20.2. The molecule has 2 aromatic carbocycles. The van der Waals surface area contributed by atoms with Crippen molar-refractivity contribution in [2.24, 2.45) is 5.92 Å². The molecular weight excluding hydrogens is 384 g/mol. The Labute approximate surface area is 175 Å². The van der Waals surface area contributed by atoms with E-state index in [0.29, 0.717) is 11.6 Å². The van der Waals surface area contributed by atoms with E-state index in [4.69, 9.17) is 11.6 Å². The van der Waals surface area contributed by atoms with Crippen LogP contribution in [0.2, 0.25) is 5.02 Å². The molecule has 1 fully saturated rings. The van der Waals surface area contributed by atoms with Gasteiger partial charge in [-0.05, 0) is 50.1 Å². The number of nitrogens with zero attached hydrogens (tertiary/aromatic N) is 3. The van der Waals surface area contributed by atoms with E-state index >= 15 is 0 Å². The van der Waals surface area contributed by atoms with Gasteiger partial charge in [-0.1, -0.05) is 47.5 Å². The average Bonchev–Trinajstić information content (AvgIpc) is 2.74. The van der Waals surface area contributed by atoms with Crippen molar-refractivity contribution in [3.05, 3.63) is 71.2 Å². The van der Waals surface area contributed by atoms with Crippen LogP contribution in [0, 0.1) is 12.8 Å². The van der Waals surface area contributed by atoms with E-state index in [0.717, 1.165) is 42.1 Å². The van der Waals surface area contributed by atoms with Gasteiger partial charge in [0, 0.05) is 29.4 Å². The highest BCUT2D eigenvalue weighted by atomic mass is 35.5. The first-order chi connectivity index (χ1) is 14.1. The molecule has 148 valence electrons. The van der Waals surface area contributed by atoms with Gasteiger partial charge >= 0.3 is 0 Å². The van der Waals surface area contributed by atoms with Gasteiger partial charge in [0.05, 0.1) is 11.6 Å². The first kappa shape index (κ1) is 19.4. The summed E-state index contributed by atoms with van der Waals surface area (Å²) in [6, 6.07) is 19.4. The van der Waals surface area contributed by atoms with Crippen LogP contribution in [0.1, 0.15) is 18.4 Å². The summed E-state index contributed by atoms with van der Waals surface area (Å²) in [5.74, 6) is 0.726. The van der Waals surface area contributed by atoms with Crippen LogP contribution in [0.3, 0.4) is 0 Å². The van der Waals surface area contributed by atoms with Crippen LogP contribution in [0.25, 0.3) is 11.3 Å². The zero-order valence-corrected chi connectivity index (χ0v) is 17.1. The van der Waals surface area contributed by atoms with Gasteiger partial charge in [-0.3, -0.25) is 4.79 Å². The van der Waals surface area contributed by atoms with E-state index in [1.54, 1.807) is 12.1 Å². The van der Waals surface area contributed by atoms with Crippen molar-refractivity contribution < 1.29 is 4.79 Å². The normalized spacial score (nSPS) is 16.5. The number of benzene rings is 2. The number of aromatic nitrogens is 2. The minimum absolute atomic E-state index is 0.0150. The quantitative estimate of drug-likeness (QED) is 0.665. The maximum absolute atomic E-state index is 12.7. The molecule has 3 aromatic rings. The minimum atomic E-state index is -0.0960. The lowest BCUT2D eigenvalue weighted by Gasteiger charge is -2.32. The molecule has 1 aliphatic heterocycles. The second kappa shape index (κ2) is 8.62. The van der Waals surface area contributed by atoms with Gasteiger partial charge < -0.3 is 10.2 Å². The van der Waals surface area contributed by atoms with Gasteiger partial charge in [-0.2, -0.15) is 0 Å². The average molecular weight is 407 g/mol. The number of aryl methyl sites for hydroxylation is 1. The van der Waals surface area contributed by atoms with E-state index in [9.17, 15) is 4.79 Å². The van der Waals surface area contributed by atoms with E-state index in [1.807, 2.05) is 24.3 Å². The van der Waals surface area contributed by atoms with Crippen molar-refractivity contribution >= 4 is 29.0 Å². The number of piperidine rings is 1. The fourth-order valence-electron chi connectivity index (χ4n) is 3.58. The van der Waals surface area contributed by atoms with E-state index in [1.165, 1.54) is 5.56 Å². The largest absolute Gasteiger partial charge is 0.354 e. The molecule has 1 aromatic heterocycles. The predicted octanol–water partition coefficient (Wildman–Crippen LogP) is 4.96. The maximum Gasteiger partial charge on any atom is 0.229 e. The fourth-order valence-corrected chi connectivity index (χ4v) is 3.77. The Balaban J connectivity index is 1.42. The molecule has 0 bridgehead atoms. The Kier molecular flexibility index (Phi) is 5.76. The lowest BCUT2D eigenvalue weighted by Crippen LogP contribution is -2.41. The topological polar surface area (TPSA) is 58.1 Å². The van der Waals surface area contributed by atoms with Gasteiger partial charge in [0.15, 0.2) is 5.82 Å². The van der Waals surface area contributed by atoms with Gasteiger partial charge in [-0.25, -0.2) is 0 Å². The fraction of sp³-hybridized carbons (Fsp3) is 0.261. The van der Waals surface area contributed by atoms with Crippen LogP contribution in [0.5, 0.6) is 0 Å². The second-order valence-electron chi connectivity index (χ2n) is 7.43. The highest BCUT2D eigenvalue weighted by Gasteiger charge is 2.27. The van der Waals surface area contributed by atoms with Crippen LogP contribution in [0.15, 0.2) is 60.7 Å². The number of rotatable bonds is 4. The van der Waals surface area contributed by atoms with Crippen molar-refractivity contribution in [2.75, 3.05) is 23.3 Å². The molecule has 6 heteroatoms. The van der Waals surface area contributed by atoms with Crippen LogP contribution < -0.4 is 10.2 Å². The highest BCUT2D eigenvalue weighted by Crippen LogP contribution is 2.25. The van der Waals surface area contributed by atoms with E-state index < -0.39 is 0 Å². The summed E-state index contributed by atoms with van der Waals surface area (Å²) in [5.41, 5.74) is 3.84. The number of carbonyl (C=O) groups excluding carboxylic acids is 1. The third-order valence-electron chi connectivity index (χ3n) is 5.21. The predicted molar refractivity (Wildman–Crippen MR) is 117 cm³/mol. The zero-order valence-electron chi connectivity index (χ0n) is 16.3. The number of amides is 1. The maximum atomic E-state index is 12.7. The molecule has 1 amide bonds. The lowest BCUT2D eigenvalue weighted by atomic mass is 9.97. The van der Waals surface area contributed by atoms with Crippen molar-refractivity contribution in [3.63, 3.8) is 0 Å². The second-order valence-corrected chi connectivity index (χ2v) is 7.86. The summed E-state index contributed by atoms with van der Waals surface area (Å²) >= 11 is 6.01. The molecule has 0 saturated carbocycles. The van der Waals surface area contributed by atoms with Crippen LogP contribution >= 0.6 is 11.6 Å². The molecule has 29 heavy (non-hydrogen) atoms. The Bertz CT molecular complexity index is 989. The van der Waals surface area contributed by atoms with Crippen molar-refractivity contribution in [3.8, 4) is 11.3 Å². The Hall–Kier alpha value is -2.92. The Morgan fingerprint density at radius 2 is 1.93 bits per heavy atom. The summed E-state index contributed by atoms with van der Waals surface area (Å²) in [7, 11) is 0. The number of nitrogens with one attached hydrogen (secondary N) is 1. The summed E-state index contributed by atoms with van der Waals surface area (Å²) in [5, 5.41) is 12.4. The number of anilines is 2. The van der Waals surface area contributed by atoms with Crippen molar-refractivity contribution in [2.45, 2.75) is 19.8 Å². The van der Waals surface area contributed by atoms with Crippen molar-refractivity contribution in [1.82, 2.24) is 10.2 Å². The smallest absolute Gasteiger partial charge is 0.229 e. The molecule has 1 N–H and O–H groups in total. The molecule has 0 unspecified atom stereocenters. The first-order valence-corrected chi connectivity index (χ1v) is 10.2. The first-order valence-electron chi connectivity index (χ1n) is 9.80. The Morgan fingerprint density at radius 3 is 2.66 bits per heavy atom. The monoisotopic (exact) mass is 406 g/mol. The van der Waals surface area contributed by atoms with Crippen LogP contribution in [-0.4, -0.2) is 29.2 Å². The third kappa shape index (κ3) is 4.74. The molecule has 0 aliphatic carbocycles. The molecule has 2 heterocycles. The van der Waals surface area contributed by atoms with Gasteiger partial charge in [0.2, 0.25) is 5.91 Å². The molecule has 1 saturated heterocycles. The molecule has 0 radical (unpaired) electrons. The van der Waals surface area contributed by atoms with Crippen molar-refractivity contribution in [1.29, 1.82) is 0 Å². The summed E-state index contributed by atoms with van der Waals surface area (Å²) in [6.07, 6.45) is 1.80. The summed E-state index contributed by atoms with van der Waals surface area (Å²) in [4.78, 5) is 14.8. The number of hydrogen-bond donors (Lipinski definition) is 1. The van der Waals surface area contributed by atoms with Gasteiger partial charge in [-0.15, -0.1) is 10.2 Å². The highest BCUT2D eigenvalue weighted by molar-refractivity contribution is 6.30. The molecule has 4 rings (SSSR count). The molecule has 5 nitrogen and oxygen atoms in total. The molecular formula is C23H23ClN4O. The Morgan fingerprint density at radius 1 is 1.10 bits per heavy atom. The summed E-state index contributed by atoms with van der Waals surface area (Å²) < 4.78 is 0. The molecule has 1 atom stereocenters. The molecule has 1 aliphatic rings. The summed E-state index contributed by atoms with van der Waals surface area (Å²) in [6.45, 7) is 3.57. The minimum Gasteiger partial charge on any atom is -0.354 e. The third-order valence-corrected chi connectivity index (χ3v) is 5.44.